The number of carbonyl (C=O) groups excluding carboxylic acids is 1. The fraction of sp³-hybridized carbons (Fsp3) is 0.529. The zero-order valence-corrected chi connectivity index (χ0v) is 14.9. The Morgan fingerprint density at radius 3 is 2.57 bits per heavy atom. The van der Waals surface area contributed by atoms with Gasteiger partial charge in [-0.1, -0.05) is 15.9 Å². The molecule has 1 aromatic carbocycles. The number of carbonyl (C=O) groups is 2. The molecule has 3 rings (SSSR count). The lowest BCUT2D eigenvalue weighted by Gasteiger charge is -2.46. The van der Waals surface area contributed by atoms with Gasteiger partial charge in [-0.15, -0.1) is 0 Å². The van der Waals surface area contributed by atoms with E-state index >= 15 is 0 Å². The van der Waals surface area contributed by atoms with Crippen LogP contribution in [0, 0.1) is 0 Å². The van der Waals surface area contributed by atoms with Crippen LogP contribution in [0.15, 0.2) is 22.7 Å². The molecule has 1 fully saturated rings. The second-order valence-electron chi connectivity index (χ2n) is 6.47. The van der Waals surface area contributed by atoms with Gasteiger partial charge in [-0.3, -0.25) is 9.69 Å². The molecule has 5 nitrogen and oxygen atoms in total. The Morgan fingerprint density at radius 1 is 1.35 bits per heavy atom. The Labute approximate surface area is 144 Å². The third-order valence-electron chi connectivity index (χ3n) is 4.98. The second kappa shape index (κ2) is 6.15. The van der Waals surface area contributed by atoms with Crippen LogP contribution in [0.5, 0.6) is 0 Å². The molecule has 1 aromatic rings. The number of benzene rings is 1. The molecule has 1 aliphatic carbocycles. The topological polar surface area (TPSA) is 60.9 Å². The lowest BCUT2D eigenvalue weighted by molar-refractivity contribution is -0.117. The molecule has 1 N–H and O–H groups in total. The second-order valence-corrected chi connectivity index (χ2v) is 7.38. The van der Waals surface area contributed by atoms with E-state index in [9.17, 15) is 14.7 Å². The van der Waals surface area contributed by atoms with E-state index in [-0.39, 0.29) is 24.0 Å². The van der Waals surface area contributed by atoms with E-state index in [1.54, 1.807) is 16.7 Å². The number of halogens is 1. The van der Waals surface area contributed by atoms with Crippen molar-refractivity contribution in [1.82, 2.24) is 4.90 Å². The van der Waals surface area contributed by atoms with Crippen molar-refractivity contribution in [2.75, 3.05) is 4.90 Å². The molecule has 2 amide bonds. The maximum atomic E-state index is 12.1. The number of amides is 2. The molecule has 2 aliphatic rings. The van der Waals surface area contributed by atoms with Gasteiger partial charge in [0.1, 0.15) is 0 Å². The monoisotopic (exact) mass is 380 g/mol. The third-order valence-corrected chi connectivity index (χ3v) is 5.47. The van der Waals surface area contributed by atoms with Crippen molar-refractivity contribution in [3.63, 3.8) is 0 Å². The maximum absolute atomic E-state index is 12.1. The van der Waals surface area contributed by atoms with Crippen molar-refractivity contribution in [2.24, 2.45) is 0 Å². The molecule has 0 spiro atoms. The Bertz CT molecular complexity index is 645. The van der Waals surface area contributed by atoms with Crippen LogP contribution in [0.1, 0.15) is 51.1 Å². The average molecular weight is 381 g/mol. The molecule has 1 saturated carbocycles. The molecule has 124 valence electrons. The highest BCUT2D eigenvalue weighted by atomic mass is 79.9. The molecule has 0 aromatic heterocycles. The highest BCUT2D eigenvalue weighted by molar-refractivity contribution is 9.10. The first kappa shape index (κ1) is 16.3. The van der Waals surface area contributed by atoms with Crippen LogP contribution in [0.3, 0.4) is 0 Å². The number of hydrogen-bond acceptors (Lipinski definition) is 2. The summed E-state index contributed by atoms with van der Waals surface area (Å²) in [5, 5.41) is 9.75. The van der Waals surface area contributed by atoms with Gasteiger partial charge in [-0.05, 0) is 56.4 Å². The average Bonchev–Trinajstić information content (AvgIpc) is 2.41. The standard InChI is InChI=1S/C17H21BrN2O3/c1-10-8-16(20(17(22)23)13-4-3-5-13)14-9-12(18)6-7-15(14)19(10)11(2)21/h6-7,9-10,13,16H,3-5,8H2,1-2H3,(H,22,23). The molecule has 0 saturated heterocycles. The van der Waals surface area contributed by atoms with Gasteiger partial charge in [-0.2, -0.15) is 0 Å². The lowest BCUT2D eigenvalue weighted by atomic mass is 9.85. The predicted octanol–water partition coefficient (Wildman–Crippen LogP) is 4.17. The van der Waals surface area contributed by atoms with Gasteiger partial charge in [0.15, 0.2) is 0 Å². The van der Waals surface area contributed by atoms with Crippen LogP contribution in [0.25, 0.3) is 0 Å². The van der Waals surface area contributed by atoms with Crippen molar-refractivity contribution in [3.05, 3.63) is 28.2 Å². The van der Waals surface area contributed by atoms with E-state index in [0.717, 1.165) is 35.0 Å². The fourth-order valence-electron chi connectivity index (χ4n) is 3.76. The van der Waals surface area contributed by atoms with Gasteiger partial charge in [-0.25, -0.2) is 4.79 Å². The van der Waals surface area contributed by atoms with Gasteiger partial charge in [0.2, 0.25) is 5.91 Å². The van der Waals surface area contributed by atoms with Crippen molar-refractivity contribution >= 4 is 33.6 Å². The highest BCUT2D eigenvalue weighted by Crippen LogP contribution is 2.44. The maximum Gasteiger partial charge on any atom is 0.408 e. The number of carboxylic acid groups (broad SMARTS) is 1. The van der Waals surface area contributed by atoms with E-state index in [1.165, 1.54) is 0 Å². The quantitative estimate of drug-likeness (QED) is 0.837. The molecule has 23 heavy (non-hydrogen) atoms. The van der Waals surface area contributed by atoms with Crippen molar-refractivity contribution in [1.29, 1.82) is 0 Å². The van der Waals surface area contributed by atoms with Crippen LogP contribution in [0.4, 0.5) is 10.5 Å². The van der Waals surface area contributed by atoms with E-state index in [0.29, 0.717) is 6.42 Å². The van der Waals surface area contributed by atoms with Crippen LogP contribution in [-0.2, 0) is 4.79 Å². The van der Waals surface area contributed by atoms with Crippen LogP contribution in [0.2, 0.25) is 0 Å². The zero-order valence-electron chi connectivity index (χ0n) is 13.3. The fourth-order valence-corrected chi connectivity index (χ4v) is 4.14. The first-order chi connectivity index (χ1) is 10.9. The van der Waals surface area contributed by atoms with E-state index < -0.39 is 6.09 Å². The molecule has 0 radical (unpaired) electrons. The summed E-state index contributed by atoms with van der Waals surface area (Å²) >= 11 is 3.47. The van der Waals surface area contributed by atoms with Crippen LogP contribution in [-0.4, -0.2) is 34.1 Å². The van der Waals surface area contributed by atoms with Crippen molar-refractivity contribution in [2.45, 2.75) is 57.7 Å². The molecule has 1 aliphatic heterocycles. The summed E-state index contributed by atoms with van der Waals surface area (Å²) in [5.41, 5.74) is 1.75. The lowest BCUT2D eigenvalue weighted by Crippen LogP contribution is -2.51. The Balaban J connectivity index is 2.07. The van der Waals surface area contributed by atoms with Crippen LogP contribution < -0.4 is 4.90 Å². The Hall–Kier alpha value is -1.56. The summed E-state index contributed by atoms with van der Waals surface area (Å²) in [7, 11) is 0. The largest absolute Gasteiger partial charge is 0.465 e. The zero-order chi connectivity index (χ0) is 16.7. The minimum Gasteiger partial charge on any atom is -0.465 e. The van der Waals surface area contributed by atoms with Gasteiger partial charge in [0.05, 0.1) is 6.04 Å². The number of hydrogen-bond donors (Lipinski definition) is 1. The van der Waals surface area contributed by atoms with E-state index in [2.05, 4.69) is 15.9 Å². The summed E-state index contributed by atoms with van der Waals surface area (Å²) in [5.74, 6) is -0.00922. The molecule has 0 bridgehead atoms. The van der Waals surface area contributed by atoms with Crippen LogP contribution >= 0.6 is 15.9 Å². The summed E-state index contributed by atoms with van der Waals surface area (Å²) in [6.07, 6.45) is 2.70. The Kier molecular flexibility index (Phi) is 4.36. The number of rotatable bonds is 2. The number of nitrogens with zero attached hydrogens (tertiary/aromatic N) is 2. The van der Waals surface area contributed by atoms with Gasteiger partial charge < -0.3 is 10.0 Å². The van der Waals surface area contributed by atoms with E-state index in [1.807, 2.05) is 25.1 Å². The smallest absolute Gasteiger partial charge is 0.408 e. The number of anilines is 1. The minimum atomic E-state index is -0.867. The van der Waals surface area contributed by atoms with Crippen molar-refractivity contribution < 1.29 is 14.7 Å². The molecular formula is C17H21BrN2O3. The first-order valence-electron chi connectivity index (χ1n) is 8.00. The van der Waals surface area contributed by atoms with Gasteiger partial charge in [0, 0.05) is 29.2 Å². The number of fused-ring (bicyclic) bond motifs is 1. The first-order valence-corrected chi connectivity index (χ1v) is 8.80. The van der Waals surface area contributed by atoms with E-state index in [4.69, 9.17) is 0 Å². The van der Waals surface area contributed by atoms with Gasteiger partial charge >= 0.3 is 6.09 Å². The third kappa shape index (κ3) is 2.84. The minimum absolute atomic E-state index is 0.00922. The summed E-state index contributed by atoms with van der Waals surface area (Å²) < 4.78 is 0.901. The van der Waals surface area contributed by atoms with Crippen molar-refractivity contribution in [3.8, 4) is 0 Å². The molecule has 2 unspecified atom stereocenters. The van der Waals surface area contributed by atoms with Gasteiger partial charge in [0.25, 0.3) is 0 Å². The summed E-state index contributed by atoms with van der Waals surface area (Å²) in [4.78, 5) is 27.3. The summed E-state index contributed by atoms with van der Waals surface area (Å²) in [6, 6.07) is 5.64. The normalized spacial score (nSPS) is 23.9. The molecule has 2 atom stereocenters. The summed E-state index contributed by atoms with van der Waals surface area (Å²) in [6.45, 7) is 3.55. The molecule has 6 heteroatoms. The molecular weight excluding hydrogens is 360 g/mol. The molecule has 1 heterocycles. The highest BCUT2D eigenvalue weighted by Gasteiger charge is 2.41. The SMILES string of the molecule is CC(=O)N1c2ccc(Br)cc2C(N(C(=O)O)C2CCC2)CC1C. The Morgan fingerprint density at radius 2 is 2.04 bits per heavy atom. The predicted molar refractivity (Wildman–Crippen MR) is 91.6 cm³/mol.